The summed E-state index contributed by atoms with van der Waals surface area (Å²) in [6, 6.07) is 6.43. The van der Waals surface area contributed by atoms with Crippen LogP contribution in [0, 0.1) is 0 Å². The van der Waals surface area contributed by atoms with E-state index in [-0.39, 0.29) is 10.6 Å². The molecule has 1 nitrogen and oxygen atoms in total. The summed E-state index contributed by atoms with van der Waals surface area (Å²) in [7, 11) is 0. The lowest BCUT2D eigenvalue weighted by molar-refractivity contribution is -0.116. The Hall–Kier alpha value is -0.630. The Kier molecular flexibility index (Phi) is 4.52. The van der Waals surface area contributed by atoms with Crippen molar-refractivity contribution in [1.29, 1.82) is 0 Å². The van der Waals surface area contributed by atoms with Crippen LogP contribution < -0.4 is 0 Å². The van der Waals surface area contributed by atoms with Crippen molar-refractivity contribution in [3.63, 3.8) is 0 Å². The van der Waals surface area contributed by atoms with Gasteiger partial charge in [-0.05, 0) is 36.5 Å². The predicted molar refractivity (Wildman–Crippen MR) is 67.5 cm³/mol. The molecule has 0 aliphatic rings. The van der Waals surface area contributed by atoms with E-state index in [1.807, 2.05) is 0 Å². The number of alkyl halides is 1. The van der Waals surface area contributed by atoms with Crippen molar-refractivity contribution in [1.82, 2.24) is 0 Å². The van der Waals surface area contributed by atoms with Crippen molar-refractivity contribution in [2.45, 2.75) is 38.4 Å². The second kappa shape index (κ2) is 5.45. The molecule has 0 aliphatic carbocycles. The molecule has 0 heterocycles. The molecule has 1 unspecified atom stereocenters. The van der Waals surface area contributed by atoms with Crippen LogP contribution >= 0.6 is 15.9 Å². The van der Waals surface area contributed by atoms with E-state index >= 15 is 0 Å². The summed E-state index contributed by atoms with van der Waals surface area (Å²) >= 11 is 3.43. The van der Waals surface area contributed by atoms with Crippen molar-refractivity contribution in [3.8, 4) is 0 Å². The van der Waals surface area contributed by atoms with E-state index in [4.69, 9.17) is 0 Å². The van der Waals surface area contributed by atoms with Crippen LogP contribution in [0.1, 0.15) is 42.3 Å². The molecule has 15 heavy (non-hydrogen) atoms. The maximum Gasteiger partial charge on any atom is 0.147 e. The standard InChI is InChI=1S/C13H17BrO/c1-4-10-6-11(5-2)8-12(7-10)13(14)9(3)15/h6-8,13H,4-5H2,1-3H3. The fourth-order valence-corrected chi connectivity index (χ4v) is 1.84. The average Bonchev–Trinajstić information content (AvgIpc) is 2.27. The van der Waals surface area contributed by atoms with Crippen LogP contribution in [-0.2, 0) is 17.6 Å². The van der Waals surface area contributed by atoms with Crippen LogP contribution in [0.25, 0.3) is 0 Å². The molecular formula is C13H17BrO. The van der Waals surface area contributed by atoms with Gasteiger partial charge in [0.1, 0.15) is 5.78 Å². The van der Waals surface area contributed by atoms with Gasteiger partial charge < -0.3 is 0 Å². The van der Waals surface area contributed by atoms with E-state index in [1.54, 1.807) is 6.92 Å². The number of ketones is 1. The topological polar surface area (TPSA) is 17.1 Å². The maximum absolute atomic E-state index is 11.3. The van der Waals surface area contributed by atoms with Crippen molar-refractivity contribution in [2.24, 2.45) is 0 Å². The zero-order chi connectivity index (χ0) is 11.4. The van der Waals surface area contributed by atoms with Gasteiger partial charge in [0, 0.05) is 0 Å². The summed E-state index contributed by atoms with van der Waals surface area (Å²) in [5.74, 6) is 0.158. The molecular weight excluding hydrogens is 252 g/mol. The van der Waals surface area contributed by atoms with Crippen LogP contribution in [0.5, 0.6) is 0 Å². The Morgan fingerprint density at radius 2 is 1.67 bits per heavy atom. The molecule has 0 aliphatic heterocycles. The Balaban J connectivity index is 3.11. The molecule has 0 amide bonds. The highest BCUT2D eigenvalue weighted by atomic mass is 79.9. The fraction of sp³-hybridized carbons (Fsp3) is 0.462. The van der Waals surface area contributed by atoms with E-state index in [1.165, 1.54) is 11.1 Å². The zero-order valence-electron chi connectivity index (χ0n) is 9.51. The summed E-state index contributed by atoms with van der Waals surface area (Å²) in [4.78, 5) is 11.1. The monoisotopic (exact) mass is 268 g/mol. The molecule has 1 atom stereocenters. The zero-order valence-corrected chi connectivity index (χ0v) is 11.1. The molecule has 0 radical (unpaired) electrons. The first-order chi connectivity index (χ1) is 7.08. The summed E-state index contributed by atoms with van der Waals surface area (Å²) in [5.41, 5.74) is 3.68. The van der Waals surface area contributed by atoms with Gasteiger partial charge in [0.05, 0.1) is 4.83 Å². The summed E-state index contributed by atoms with van der Waals surface area (Å²) in [6.45, 7) is 5.88. The molecule has 0 saturated carbocycles. The highest BCUT2D eigenvalue weighted by Crippen LogP contribution is 2.26. The lowest BCUT2D eigenvalue weighted by atomic mass is 9.99. The Labute approximate surface area is 100 Å². The van der Waals surface area contributed by atoms with E-state index < -0.39 is 0 Å². The Morgan fingerprint density at radius 3 is 2.00 bits per heavy atom. The van der Waals surface area contributed by atoms with Crippen LogP contribution in [-0.4, -0.2) is 5.78 Å². The van der Waals surface area contributed by atoms with Gasteiger partial charge in [-0.25, -0.2) is 0 Å². The average molecular weight is 269 g/mol. The third-order valence-corrected chi connectivity index (χ3v) is 3.71. The van der Waals surface area contributed by atoms with E-state index in [9.17, 15) is 4.79 Å². The van der Waals surface area contributed by atoms with Gasteiger partial charge in [0.25, 0.3) is 0 Å². The van der Waals surface area contributed by atoms with Gasteiger partial charge in [0.15, 0.2) is 0 Å². The molecule has 0 fully saturated rings. The number of benzene rings is 1. The van der Waals surface area contributed by atoms with Gasteiger partial charge in [-0.3, -0.25) is 4.79 Å². The van der Waals surface area contributed by atoms with Crippen LogP contribution in [0.3, 0.4) is 0 Å². The van der Waals surface area contributed by atoms with Crippen LogP contribution in [0.2, 0.25) is 0 Å². The number of aryl methyl sites for hydroxylation is 2. The second-order valence-corrected chi connectivity index (χ2v) is 4.68. The van der Waals surface area contributed by atoms with Crippen molar-refractivity contribution < 1.29 is 4.79 Å². The number of halogens is 1. The number of rotatable bonds is 4. The molecule has 1 aromatic rings. The van der Waals surface area contributed by atoms with Gasteiger partial charge in [-0.1, -0.05) is 48.0 Å². The number of carbonyl (C=O) groups excluding carboxylic acids is 1. The van der Waals surface area contributed by atoms with Gasteiger partial charge >= 0.3 is 0 Å². The highest BCUT2D eigenvalue weighted by Gasteiger charge is 2.13. The Bertz CT molecular complexity index is 335. The molecule has 1 aromatic carbocycles. The van der Waals surface area contributed by atoms with Crippen molar-refractivity contribution in [3.05, 3.63) is 34.9 Å². The smallest absolute Gasteiger partial charge is 0.147 e. The number of carbonyl (C=O) groups is 1. The first kappa shape index (κ1) is 12.4. The minimum Gasteiger partial charge on any atom is -0.298 e. The van der Waals surface area contributed by atoms with Crippen LogP contribution in [0.4, 0.5) is 0 Å². The minimum absolute atomic E-state index is 0.158. The lowest BCUT2D eigenvalue weighted by Crippen LogP contribution is -2.02. The minimum atomic E-state index is -0.158. The SMILES string of the molecule is CCc1cc(CC)cc(C(Br)C(C)=O)c1. The predicted octanol–water partition coefficient (Wildman–Crippen LogP) is 3.84. The van der Waals surface area contributed by atoms with Gasteiger partial charge in [-0.15, -0.1) is 0 Å². The molecule has 2 heteroatoms. The van der Waals surface area contributed by atoms with Crippen molar-refractivity contribution in [2.75, 3.05) is 0 Å². The molecule has 82 valence electrons. The maximum atomic E-state index is 11.3. The number of hydrogen-bond donors (Lipinski definition) is 0. The van der Waals surface area contributed by atoms with Crippen molar-refractivity contribution >= 4 is 21.7 Å². The normalized spacial score (nSPS) is 12.5. The second-order valence-electron chi connectivity index (χ2n) is 3.76. The summed E-state index contributed by atoms with van der Waals surface area (Å²) in [5, 5.41) is 0. The largest absolute Gasteiger partial charge is 0.298 e. The third kappa shape index (κ3) is 3.16. The third-order valence-electron chi connectivity index (χ3n) is 2.54. The summed E-state index contributed by atoms with van der Waals surface area (Å²) in [6.07, 6.45) is 2.02. The lowest BCUT2D eigenvalue weighted by Gasteiger charge is -2.10. The Morgan fingerprint density at radius 1 is 1.20 bits per heavy atom. The molecule has 0 saturated heterocycles. The number of hydrogen-bond acceptors (Lipinski definition) is 1. The van der Waals surface area contributed by atoms with Gasteiger partial charge in [0.2, 0.25) is 0 Å². The van der Waals surface area contributed by atoms with E-state index in [0.717, 1.165) is 18.4 Å². The number of Topliss-reactive ketones (excluding diaryl/α,β-unsaturated/α-hetero) is 1. The highest BCUT2D eigenvalue weighted by molar-refractivity contribution is 9.09. The van der Waals surface area contributed by atoms with Gasteiger partial charge in [-0.2, -0.15) is 0 Å². The molecule has 0 bridgehead atoms. The summed E-state index contributed by atoms with van der Waals surface area (Å²) < 4.78 is 0. The molecule has 1 rings (SSSR count). The van der Waals surface area contributed by atoms with E-state index in [2.05, 4.69) is 48.0 Å². The first-order valence-electron chi connectivity index (χ1n) is 5.35. The molecule has 0 N–H and O–H groups in total. The first-order valence-corrected chi connectivity index (χ1v) is 6.27. The van der Waals surface area contributed by atoms with Crippen LogP contribution in [0.15, 0.2) is 18.2 Å². The quantitative estimate of drug-likeness (QED) is 0.759. The van der Waals surface area contributed by atoms with E-state index in [0.29, 0.717) is 0 Å². The molecule has 0 spiro atoms. The fourth-order valence-electron chi connectivity index (χ4n) is 1.58. The molecule has 0 aromatic heterocycles.